The van der Waals surface area contributed by atoms with Gasteiger partial charge in [-0.25, -0.2) is 13.4 Å². The fourth-order valence-electron chi connectivity index (χ4n) is 4.03. The molecule has 0 aliphatic carbocycles. The highest BCUT2D eigenvalue weighted by molar-refractivity contribution is 7.92. The van der Waals surface area contributed by atoms with Crippen molar-refractivity contribution < 1.29 is 22.7 Å². The van der Waals surface area contributed by atoms with E-state index in [9.17, 15) is 18.0 Å². The van der Waals surface area contributed by atoms with Crippen LogP contribution in [0, 0.1) is 0 Å². The molecule has 11 heteroatoms. The van der Waals surface area contributed by atoms with Crippen LogP contribution in [0.1, 0.15) is 43.5 Å². The number of unbranched alkanes of at least 4 members (excludes halogenated alkanes) is 1. The number of carbonyl (C=O) groups is 2. The van der Waals surface area contributed by atoms with Gasteiger partial charge in [-0.05, 0) is 61.0 Å². The van der Waals surface area contributed by atoms with E-state index in [1.165, 1.54) is 18.2 Å². The third-order valence-electron chi connectivity index (χ3n) is 6.05. The second-order valence-electron chi connectivity index (χ2n) is 8.80. The largest absolute Gasteiger partial charge is 0.464 e. The van der Waals surface area contributed by atoms with Crippen LogP contribution in [0.25, 0.3) is 16.7 Å². The number of pyridine rings is 1. The van der Waals surface area contributed by atoms with E-state index >= 15 is 0 Å². The van der Waals surface area contributed by atoms with Crippen molar-refractivity contribution in [3.8, 4) is 5.82 Å². The van der Waals surface area contributed by atoms with Crippen LogP contribution < -0.4 is 4.31 Å². The molecule has 0 atom stereocenters. The second-order valence-corrected chi connectivity index (χ2v) is 11.5. The zero-order chi connectivity index (χ0) is 28.2. The lowest BCUT2D eigenvalue weighted by Crippen LogP contribution is -2.36. The normalized spacial score (nSPS) is 11.5. The Morgan fingerprint density at radius 3 is 2.44 bits per heavy atom. The first-order valence-electron chi connectivity index (χ1n) is 12.4. The molecule has 0 saturated carbocycles. The van der Waals surface area contributed by atoms with E-state index in [0.717, 1.165) is 16.2 Å². The van der Waals surface area contributed by atoms with Crippen LogP contribution in [0.3, 0.4) is 0 Å². The minimum atomic E-state index is -4.25. The highest BCUT2D eigenvalue weighted by atomic mass is 35.5. The van der Waals surface area contributed by atoms with Gasteiger partial charge in [0.25, 0.3) is 10.0 Å². The molecule has 204 valence electrons. The number of esters is 1. The number of hydrogen-bond donors (Lipinski definition) is 0. The van der Waals surface area contributed by atoms with Crippen LogP contribution in [0.15, 0.2) is 71.9 Å². The number of Topliss-reactive ketones (excluding diaryl/α,β-unsaturated/α-hetero) is 1. The van der Waals surface area contributed by atoms with Crippen LogP contribution in [-0.4, -0.2) is 42.9 Å². The molecule has 0 bridgehead atoms. The lowest BCUT2D eigenvalue weighted by atomic mass is 10.1. The van der Waals surface area contributed by atoms with Gasteiger partial charge in [-0.2, -0.15) is 0 Å². The van der Waals surface area contributed by atoms with E-state index in [0.29, 0.717) is 29.6 Å². The lowest BCUT2D eigenvalue weighted by Gasteiger charge is -2.24. The van der Waals surface area contributed by atoms with Crippen molar-refractivity contribution in [3.63, 3.8) is 0 Å². The zero-order valence-corrected chi connectivity index (χ0v) is 23.8. The number of aromatic nitrogens is 2. The summed E-state index contributed by atoms with van der Waals surface area (Å²) in [5.41, 5.74) is 1.55. The molecule has 0 N–H and O–H groups in total. The number of halogens is 2. The molecule has 0 aliphatic heterocycles. The Bertz CT molecular complexity index is 1620. The summed E-state index contributed by atoms with van der Waals surface area (Å²) >= 11 is 12.2. The first-order valence-corrected chi connectivity index (χ1v) is 14.6. The summed E-state index contributed by atoms with van der Waals surface area (Å²) in [5, 5.41) is 0.996. The minimum absolute atomic E-state index is 0.00480. The number of nitrogens with zero attached hydrogens (tertiary/aromatic N) is 3. The summed E-state index contributed by atoms with van der Waals surface area (Å²) in [6.07, 6.45) is 5.23. The van der Waals surface area contributed by atoms with Crippen molar-refractivity contribution >= 4 is 61.6 Å². The van der Waals surface area contributed by atoms with Crippen molar-refractivity contribution in [2.45, 2.75) is 38.0 Å². The topological polar surface area (TPSA) is 98.6 Å². The third kappa shape index (κ3) is 6.43. The van der Waals surface area contributed by atoms with Gasteiger partial charge in [0, 0.05) is 39.8 Å². The van der Waals surface area contributed by atoms with Crippen molar-refractivity contribution in [2.75, 3.05) is 17.5 Å². The summed E-state index contributed by atoms with van der Waals surface area (Å²) in [7, 11) is -4.25. The molecule has 39 heavy (non-hydrogen) atoms. The maximum atomic E-state index is 13.7. The molecule has 2 aromatic carbocycles. The second kappa shape index (κ2) is 12.2. The number of ether oxygens (including phenoxy) is 1. The molecule has 0 amide bonds. The number of carbonyl (C=O) groups excluding carboxylic acids is 2. The van der Waals surface area contributed by atoms with Gasteiger partial charge in [-0.1, -0.05) is 43.5 Å². The first-order chi connectivity index (χ1) is 18.6. The van der Waals surface area contributed by atoms with Gasteiger partial charge in [-0.15, -0.1) is 0 Å². The predicted octanol–water partition coefficient (Wildman–Crippen LogP) is 6.46. The fourth-order valence-corrected chi connectivity index (χ4v) is 6.15. The van der Waals surface area contributed by atoms with Gasteiger partial charge in [-0.3, -0.25) is 13.9 Å². The van der Waals surface area contributed by atoms with Gasteiger partial charge in [0.05, 0.1) is 22.7 Å². The van der Waals surface area contributed by atoms with Crippen LogP contribution in [0.2, 0.25) is 10.0 Å². The van der Waals surface area contributed by atoms with Gasteiger partial charge in [0.2, 0.25) is 0 Å². The minimum Gasteiger partial charge on any atom is -0.464 e. The lowest BCUT2D eigenvalue weighted by molar-refractivity contribution is -0.141. The predicted molar refractivity (Wildman–Crippen MR) is 153 cm³/mol. The SMILES string of the molecule is CCCCOC(=O)CN(c1ccc2c(ccn2-c2cc(C(=O)CC)ccn2)c1)S(=O)(=O)c1cc(Cl)cc(Cl)c1. The number of hydrogen-bond acceptors (Lipinski definition) is 6. The van der Waals surface area contributed by atoms with Crippen LogP contribution >= 0.6 is 23.2 Å². The zero-order valence-electron chi connectivity index (χ0n) is 21.4. The maximum Gasteiger partial charge on any atom is 0.326 e. The number of ketones is 1. The summed E-state index contributed by atoms with van der Waals surface area (Å²) in [4.78, 5) is 29.1. The molecule has 0 unspecified atom stereocenters. The molecule has 0 radical (unpaired) electrons. The standard InChI is InChI=1S/C28H27Cl2N3O5S/c1-3-5-12-38-28(35)18-33(39(36,37)24-16-21(29)15-22(30)17-24)23-6-7-25-19(13-23)9-11-32(25)27-14-20(8-10-31-27)26(34)4-2/h6-11,13-17H,3-5,12,18H2,1-2H3. The van der Waals surface area contributed by atoms with E-state index in [2.05, 4.69) is 4.98 Å². The van der Waals surface area contributed by atoms with Gasteiger partial charge < -0.3 is 9.30 Å². The Kier molecular flexibility index (Phi) is 8.94. The molecule has 0 saturated heterocycles. The summed E-state index contributed by atoms with van der Waals surface area (Å²) in [5.74, 6) is -0.126. The molecule has 4 aromatic rings. The average Bonchev–Trinajstić information content (AvgIpc) is 3.34. The van der Waals surface area contributed by atoms with Crippen LogP contribution in [0.4, 0.5) is 5.69 Å². The summed E-state index contributed by atoms with van der Waals surface area (Å²) in [6, 6.07) is 14.2. The number of sulfonamides is 1. The quantitative estimate of drug-likeness (QED) is 0.113. The van der Waals surface area contributed by atoms with Crippen molar-refractivity contribution in [2.24, 2.45) is 0 Å². The highest BCUT2D eigenvalue weighted by Gasteiger charge is 2.29. The molecule has 8 nitrogen and oxygen atoms in total. The Labute approximate surface area is 237 Å². The Balaban J connectivity index is 1.76. The van der Waals surface area contributed by atoms with E-state index in [4.69, 9.17) is 27.9 Å². The van der Waals surface area contributed by atoms with Gasteiger partial charge in [0.1, 0.15) is 12.4 Å². The monoisotopic (exact) mass is 587 g/mol. The Morgan fingerprint density at radius 1 is 1.00 bits per heavy atom. The number of rotatable bonds is 11. The number of benzene rings is 2. The van der Waals surface area contributed by atoms with Crippen molar-refractivity contribution in [1.82, 2.24) is 9.55 Å². The van der Waals surface area contributed by atoms with Gasteiger partial charge >= 0.3 is 5.97 Å². The Morgan fingerprint density at radius 2 is 1.74 bits per heavy atom. The van der Waals surface area contributed by atoms with Gasteiger partial charge in [0.15, 0.2) is 5.78 Å². The molecule has 4 rings (SSSR count). The molecular formula is C28H27Cl2N3O5S. The van der Waals surface area contributed by atoms with Crippen molar-refractivity contribution in [3.05, 3.63) is 82.6 Å². The fraction of sp³-hybridized carbons (Fsp3) is 0.250. The van der Waals surface area contributed by atoms with E-state index < -0.39 is 22.5 Å². The Hall–Kier alpha value is -3.40. The van der Waals surface area contributed by atoms with E-state index in [1.54, 1.807) is 60.3 Å². The van der Waals surface area contributed by atoms with E-state index in [-0.39, 0.29) is 33.0 Å². The summed E-state index contributed by atoms with van der Waals surface area (Å²) in [6.45, 7) is 3.42. The molecule has 0 fully saturated rings. The van der Waals surface area contributed by atoms with Crippen LogP contribution in [-0.2, 0) is 19.6 Å². The average molecular weight is 589 g/mol. The van der Waals surface area contributed by atoms with E-state index in [1.807, 2.05) is 6.92 Å². The number of fused-ring (bicyclic) bond motifs is 1. The molecule has 2 heterocycles. The van der Waals surface area contributed by atoms with Crippen LogP contribution in [0.5, 0.6) is 0 Å². The summed E-state index contributed by atoms with van der Waals surface area (Å²) < 4.78 is 35.6. The molecule has 2 aromatic heterocycles. The first kappa shape index (κ1) is 28.6. The highest BCUT2D eigenvalue weighted by Crippen LogP contribution is 2.31. The van der Waals surface area contributed by atoms with Crippen molar-refractivity contribution in [1.29, 1.82) is 0 Å². The smallest absolute Gasteiger partial charge is 0.326 e. The third-order valence-corrected chi connectivity index (χ3v) is 8.24. The molecule has 0 aliphatic rings. The molecule has 0 spiro atoms. The molecular weight excluding hydrogens is 561 g/mol. The maximum absolute atomic E-state index is 13.7. The number of anilines is 1.